The Bertz CT molecular complexity index is 59.7. The molecule has 42 valence electrons. The zero-order valence-corrected chi connectivity index (χ0v) is 5.71. The highest BCUT2D eigenvalue weighted by Gasteiger charge is 1.98. The summed E-state index contributed by atoms with van der Waals surface area (Å²) in [7, 11) is -0.427. The summed E-state index contributed by atoms with van der Waals surface area (Å²) in [5.74, 6) is 0.150. The quantitative estimate of drug-likeness (QED) is 0.467. The minimum absolute atomic E-state index is 0.150. The molecule has 0 bridgehead atoms. The van der Waals surface area contributed by atoms with Gasteiger partial charge in [-0.2, -0.15) is 0 Å². The minimum atomic E-state index is -0.638. The molecule has 0 aromatic rings. The Labute approximate surface area is 53.0 Å². The Morgan fingerprint density at radius 3 is 2.57 bits per heavy atom. The Balaban J connectivity index is 2.98. The SMILES string of the molecule is O=POC(Cl)CCl. The fourth-order valence-electron chi connectivity index (χ4n) is 0.0749. The van der Waals surface area contributed by atoms with Crippen LogP contribution in [0.4, 0.5) is 0 Å². The van der Waals surface area contributed by atoms with Crippen molar-refractivity contribution in [2.45, 2.75) is 5.56 Å². The average molecular weight is 161 g/mol. The third kappa shape index (κ3) is 4.49. The molecule has 0 aliphatic carbocycles. The normalized spacial score (nSPS) is 14.6. The van der Waals surface area contributed by atoms with E-state index in [2.05, 4.69) is 4.52 Å². The van der Waals surface area contributed by atoms with Crippen LogP contribution in [0.5, 0.6) is 0 Å². The van der Waals surface area contributed by atoms with E-state index in [0.717, 1.165) is 0 Å². The van der Waals surface area contributed by atoms with E-state index in [0.29, 0.717) is 0 Å². The Morgan fingerprint density at radius 2 is 2.43 bits per heavy atom. The third-order valence-corrected chi connectivity index (χ3v) is 1.43. The van der Waals surface area contributed by atoms with E-state index in [1.54, 1.807) is 0 Å². The fraction of sp³-hybridized carbons (Fsp3) is 1.00. The predicted molar refractivity (Wildman–Crippen MR) is 29.1 cm³/mol. The maximum Gasteiger partial charge on any atom is 0.328 e. The Morgan fingerprint density at radius 1 is 1.86 bits per heavy atom. The van der Waals surface area contributed by atoms with Crippen molar-refractivity contribution < 1.29 is 9.09 Å². The van der Waals surface area contributed by atoms with Gasteiger partial charge in [-0.05, 0) is 0 Å². The first-order valence-corrected chi connectivity index (χ1v) is 3.20. The molecule has 7 heavy (non-hydrogen) atoms. The smallest absolute Gasteiger partial charge is 0.274 e. The summed E-state index contributed by atoms with van der Waals surface area (Å²) < 4.78 is 13.7. The molecule has 0 heterocycles. The van der Waals surface area contributed by atoms with Gasteiger partial charge in [-0.3, -0.25) is 4.52 Å². The maximum atomic E-state index is 9.51. The van der Waals surface area contributed by atoms with E-state index in [1.165, 1.54) is 0 Å². The number of alkyl halides is 2. The lowest BCUT2D eigenvalue weighted by molar-refractivity contribution is 0.330. The topological polar surface area (TPSA) is 26.3 Å². The summed E-state index contributed by atoms with van der Waals surface area (Å²) in [6, 6.07) is 0. The van der Waals surface area contributed by atoms with Gasteiger partial charge in [0.25, 0.3) is 0 Å². The molecule has 0 aromatic heterocycles. The van der Waals surface area contributed by atoms with E-state index < -0.39 is 14.3 Å². The highest BCUT2D eigenvalue weighted by molar-refractivity contribution is 7.17. The van der Waals surface area contributed by atoms with Crippen LogP contribution in [-0.2, 0) is 9.09 Å². The molecule has 1 atom stereocenters. The van der Waals surface area contributed by atoms with Crippen molar-refractivity contribution >= 4 is 31.9 Å². The second kappa shape index (κ2) is 4.79. The van der Waals surface area contributed by atoms with Gasteiger partial charge in [-0.1, -0.05) is 11.6 Å². The Kier molecular flexibility index (Phi) is 5.23. The molecule has 0 saturated carbocycles. The predicted octanol–water partition coefficient (Wildman–Crippen LogP) is 2.01. The molecular weight excluding hydrogens is 158 g/mol. The monoisotopic (exact) mass is 160 g/mol. The van der Waals surface area contributed by atoms with Crippen LogP contribution in [0.15, 0.2) is 0 Å². The van der Waals surface area contributed by atoms with Crippen LogP contribution in [0.2, 0.25) is 0 Å². The molecule has 0 aliphatic rings. The second-order valence-corrected chi connectivity index (χ2v) is 1.90. The standard InChI is InChI=1S/C2H3Cl2O2P/c3-1-2(4)6-7-5/h2H,1H2. The molecule has 0 N–H and O–H groups in total. The van der Waals surface area contributed by atoms with Crippen molar-refractivity contribution in [3.63, 3.8) is 0 Å². The second-order valence-electron chi connectivity index (χ2n) is 0.744. The van der Waals surface area contributed by atoms with E-state index in [1.807, 2.05) is 0 Å². The molecule has 0 rings (SSSR count). The molecule has 0 spiro atoms. The fourth-order valence-corrected chi connectivity index (χ4v) is 0.491. The van der Waals surface area contributed by atoms with Crippen molar-refractivity contribution in [1.29, 1.82) is 0 Å². The van der Waals surface area contributed by atoms with Gasteiger partial charge in [0.2, 0.25) is 0 Å². The van der Waals surface area contributed by atoms with Crippen LogP contribution >= 0.6 is 31.9 Å². The van der Waals surface area contributed by atoms with Gasteiger partial charge in [0.1, 0.15) is 0 Å². The maximum absolute atomic E-state index is 9.51. The first-order chi connectivity index (χ1) is 3.31. The number of hydrogen-bond acceptors (Lipinski definition) is 2. The summed E-state index contributed by atoms with van der Waals surface area (Å²) in [6.45, 7) is 0. The summed E-state index contributed by atoms with van der Waals surface area (Å²) in [4.78, 5) is 0. The molecule has 5 heteroatoms. The zero-order valence-electron chi connectivity index (χ0n) is 3.30. The van der Waals surface area contributed by atoms with Gasteiger partial charge in [-0.15, -0.1) is 11.6 Å². The summed E-state index contributed by atoms with van der Waals surface area (Å²) in [6.07, 6.45) is 0. The first kappa shape index (κ1) is 7.64. The number of rotatable bonds is 3. The summed E-state index contributed by atoms with van der Waals surface area (Å²) in [5.41, 5.74) is -0.638. The van der Waals surface area contributed by atoms with Gasteiger partial charge >= 0.3 is 8.69 Å². The molecular formula is C2H3Cl2O2P. The van der Waals surface area contributed by atoms with Crippen molar-refractivity contribution in [1.82, 2.24) is 0 Å². The zero-order chi connectivity index (χ0) is 5.70. The van der Waals surface area contributed by atoms with Crippen LogP contribution in [0, 0.1) is 0 Å². The molecule has 1 unspecified atom stereocenters. The molecule has 0 saturated heterocycles. The molecule has 0 aromatic carbocycles. The van der Waals surface area contributed by atoms with Gasteiger partial charge in [-0.25, -0.2) is 4.57 Å². The third-order valence-electron chi connectivity index (χ3n) is 0.279. The number of hydrogen-bond donors (Lipinski definition) is 0. The van der Waals surface area contributed by atoms with Gasteiger partial charge in [0.05, 0.1) is 5.88 Å². The largest absolute Gasteiger partial charge is 0.328 e. The highest BCUT2D eigenvalue weighted by atomic mass is 35.5. The van der Waals surface area contributed by atoms with Crippen molar-refractivity contribution in [3.8, 4) is 0 Å². The van der Waals surface area contributed by atoms with E-state index in [4.69, 9.17) is 23.2 Å². The Hall–Kier alpha value is 0.640. The summed E-state index contributed by atoms with van der Waals surface area (Å²) in [5, 5.41) is 0. The molecule has 2 nitrogen and oxygen atoms in total. The van der Waals surface area contributed by atoms with Gasteiger partial charge < -0.3 is 0 Å². The molecule has 0 fully saturated rings. The lowest BCUT2D eigenvalue weighted by Gasteiger charge is -1.94. The van der Waals surface area contributed by atoms with Crippen LogP contribution in [0.1, 0.15) is 0 Å². The van der Waals surface area contributed by atoms with Crippen LogP contribution in [-0.4, -0.2) is 11.4 Å². The molecule has 0 radical (unpaired) electrons. The molecule has 0 aliphatic heterocycles. The summed E-state index contributed by atoms with van der Waals surface area (Å²) >= 11 is 10.3. The lowest BCUT2D eigenvalue weighted by Crippen LogP contribution is -1.97. The van der Waals surface area contributed by atoms with E-state index >= 15 is 0 Å². The lowest BCUT2D eigenvalue weighted by atomic mass is 10.9. The number of halogens is 2. The van der Waals surface area contributed by atoms with Crippen LogP contribution in [0.25, 0.3) is 0 Å². The first-order valence-electron chi connectivity index (χ1n) is 1.49. The van der Waals surface area contributed by atoms with Crippen molar-refractivity contribution in [3.05, 3.63) is 0 Å². The van der Waals surface area contributed by atoms with Gasteiger partial charge in [0, 0.05) is 0 Å². The average Bonchev–Trinajstić information content (AvgIpc) is 1.68. The molecule has 0 amide bonds. The van der Waals surface area contributed by atoms with Crippen LogP contribution in [0.3, 0.4) is 0 Å². The van der Waals surface area contributed by atoms with Crippen LogP contribution < -0.4 is 0 Å². The highest BCUT2D eigenvalue weighted by Crippen LogP contribution is 2.07. The van der Waals surface area contributed by atoms with Crippen molar-refractivity contribution in [2.75, 3.05) is 5.88 Å². The van der Waals surface area contributed by atoms with E-state index in [9.17, 15) is 4.57 Å². The van der Waals surface area contributed by atoms with Crippen molar-refractivity contribution in [2.24, 2.45) is 0 Å². The van der Waals surface area contributed by atoms with E-state index in [-0.39, 0.29) is 5.88 Å². The minimum Gasteiger partial charge on any atom is -0.274 e. The van der Waals surface area contributed by atoms with Gasteiger partial charge in [0.15, 0.2) is 5.56 Å².